The number of likely N-dealkylation sites (N-methyl/N-ethyl adjacent to an activating group) is 1. The molecule has 24 heavy (non-hydrogen) atoms. The van der Waals surface area contributed by atoms with Crippen LogP contribution in [0.2, 0.25) is 5.02 Å². The summed E-state index contributed by atoms with van der Waals surface area (Å²) in [6.07, 6.45) is 0. The van der Waals surface area contributed by atoms with Crippen molar-refractivity contribution in [1.82, 2.24) is 4.90 Å². The Bertz CT molecular complexity index is 737. The summed E-state index contributed by atoms with van der Waals surface area (Å²) in [6.45, 7) is 1.81. The van der Waals surface area contributed by atoms with Crippen LogP contribution < -0.4 is 5.32 Å². The van der Waals surface area contributed by atoms with Gasteiger partial charge in [-0.1, -0.05) is 33.6 Å². The minimum absolute atomic E-state index is 0.0902. The van der Waals surface area contributed by atoms with Gasteiger partial charge in [0.1, 0.15) is 11.6 Å². The van der Waals surface area contributed by atoms with Crippen LogP contribution in [0.1, 0.15) is 12.5 Å². The second-order valence-electron chi connectivity index (χ2n) is 5.40. The molecule has 1 N–H and O–H groups in total. The molecule has 0 aliphatic heterocycles. The molecule has 0 aliphatic carbocycles. The average molecular weight is 418 g/mol. The van der Waals surface area contributed by atoms with E-state index in [9.17, 15) is 13.6 Å². The van der Waals surface area contributed by atoms with Crippen LogP contribution in [0.25, 0.3) is 0 Å². The Kier molecular flexibility index (Phi) is 6.32. The molecular weight excluding hydrogens is 402 g/mol. The van der Waals surface area contributed by atoms with E-state index < -0.39 is 23.6 Å². The van der Waals surface area contributed by atoms with Gasteiger partial charge in [0.15, 0.2) is 0 Å². The number of anilines is 1. The number of hydrogen-bond donors (Lipinski definition) is 1. The fourth-order valence-corrected chi connectivity index (χ4v) is 2.65. The zero-order valence-electron chi connectivity index (χ0n) is 13.1. The van der Waals surface area contributed by atoms with Crippen molar-refractivity contribution in [2.45, 2.75) is 19.5 Å². The Morgan fingerprint density at radius 2 is 2.00 bits per heavy atom. The van der Waals surface area contributed by atoms with Crippen LogP contribution in [-0.2, 0) is 11.3 Å². The lowest BCUT2D eigenvalue weighted by Gasteiger charge is -2.24. The molecule has 0 saturated carbocycles. The summed E-state index contributed by atoms with van der Waals surface area (Å²) in [7, 11) is 1.67. The van der Waals surface area contributed by atoms with E-state index in [-0.39, 0.29) is 12.2 Å². The smallest absolute Gasteiger partial charge is 0.241 e. The summed E-state index contributed by atoms with van der Waals surface area (Å²) in [5, 5.41) is 2.83. The predicted molar refractivity (Wildman–Crippen MR) is 95.1 cm³/mol. The molecule has 0 saturated heterocycles. The van der Waals surface area contributed by atoms with E-state index in [0.717, 1.165) is 0 Å². The molecule has 0 fully saturated rings. The first-order valence-electron chi connectivity index (χ1n) is 7.18. The van der Waals surface area contributed by atoms with E-state index in [1.807, 2.05) is 0 Å². The first-order valence-corrected chi connectivity index (χ1v) is 8.35. The van der Waals surface area contributed by atoms with Crippen LogP contribution in [0.4, 0.5) is 14.5 Å². The fraction of sp³-hybridized carbons (Fsp3) is 0.235. The molecule has 2 rings (SSSR count). The third kappa shape index (κ3) is 4.53. The molecule has 0 radical (unpaired) electrons. The summed E-state index contributed by atoms with van der Waals surface area (Å²) in [5.41, 5.74) is 0.406. The minimum Gasteiger partial charge on any atom is -0.322 e. The van der Waals surface area contributed by atoms with Crippen molar-refractivity contribution in [3.05, 3.63) is 63.1 Å². The van der Waals surface area contributed by atoms with Gasteiger partial charge in [-0.2, -0.15) is 0 Å². The van der Waals surface area contributed by atoms with Gasteiger partial charge in [-0.25, -0.2) is 8.78 Å². The number of halogens is 4. The van der Waals surface area contributed by atoms with Gasteiger partial charge in [-0.3, -0.25) is 9.69 Å². The number of amides is 1. The second-order valence-corrected chi connectivity index (χ2v) is 6.73. The Morgan fingerprint density at radius 1 is 1.29 bits per heavy atom. The highest BCUT2D eigenvalue weighted by molar-refractivity contribution is 9.10. The monoisotopic (exact) mass is 416 g/mol. The van der Waals surface area contributed by atoms with E-state index in [1.165, 1.54) is 24.3 Å². The van der Waals surface area contributed by atoms with Crippen LogP contribution >= 0.6 is 27.5 Å². The standard InChI is InChI=1S/C17H16BrClF2N2O/c1-10(17(24)22-16-7-6-11(18)8-15(16)21)23(2)9-12-13(19)4-3-5-14(12)20/h3-8,10H,9H2,1-2H3,(H,22,24). The molecule has 0 bridgehead atoms. The normalized spacial score (nSPS) is 12.3. The number of carbonyl (C=O) groups is 1. The average Bonchev–Trinajstić information content (AvgIpc) is 2.52. The molecule has 7 heteroatoms. The molecule has 1 unspecified atom stereocenters. The van der Waals surface area contributed by atoms with Crippen molar-refractivity contribution < 1.29 is 13.6 Å². The lowest BCUT2D eigenvalue weighted by Crippen LogP contribution is -2.39. The third-order valence-corrected chi connectivity index (χ3v) is 4.55. The number of nitrogens with zero attached hydrogens (tertiary/aromatic N) is 1. The van der Waals surface area contributed by atoms with Gasteiger partial charge in [-0.05, 0) is 44.3 Å². The molecule has 0 heterocycles. The minimum atomic E-state index is -0.608. The molecule has 128 valence electrons. The molecule has 0 aliphatic rings. The fourth-order valence-electron chi connectivity index (χ4n) is 2.10. The predicted octanol–water partition coefficient (Wildman–Crippen LogP) is 4.84. The number of nitrogens with one attached hydrogen (secondary N) is 1. The molecule has 0 spiro atoms. The van der Waals surface area contributed by atoms with Crippen molar-refractivity contribution in [1.29, 1.82) is 0 Å². The Labute approximate surface area is 152 Å². The second kappa shape index (κ2) is 8.05. The van der Waals surface area contributed by atoms with Crippen molar-refractivity contribution >= 4 is 39.1 Å². The van der Waals surface area contributed by atoms with E-state index >= 15 is 0 Å². The van der Waals surface area contributed by atoms with Crippen molar-refractivity contribution in [3.8, 4) is 0 Å². The highest BCUT2D eigenvalue weighted by Gasteiger charge is 2.21. The van der Waals surface area contributed by atoms with E-state index in [1.54, 1.807) is 31.0 Å². The van der Waals surface area contributed by atoms with Gasteiger partial charge < -0.3 is 5.32 Å². The van der Waals surface area contributed by atoms with Gasteiger partial charge in [0, 0.05) is 21.6 Å². The summed E-state index contributed by atoms with van der Waals surface area (Å²) >= 11 is 9.16. The number of hydrogen-bond acceptors (Lipinski definition) is 2. The maximum absolute atomic E-state index is 13.8. The van der Waals surface area contributed by atoms with Gasteiger partial charge in [-0.15, -0.1) is 0 Å². The van der Waals surface area contributed by atoms with Crippen LogP contribution in [0, 0.1) is 11.6 Å². The first-order chi connectivity index (χ1) is 11.3. The van der Waals surface area contributed by atoms with Gasteiger partial charge in [0.25, 0.3) is 0 Å². The van der Waals surface area contributed by atoms with E-state index in [0.29, 0.717) is 15.1 Å². The maximum Gasteiger partial charge on any atom is 0.241 e. The number of rotatable bonds is 5. The molecule has 3 nitrogen and oxygen atoms in total. The summed E-state index contributed by atoms with van der Waals surface area (Å²) in [5.74, 6) is -1.36. The largest absolute Gasteiger partial charge is 0.322 e. The van der Waals surface area contributed by atoms with Crippen LogP contribution in [-0.4, -0.2) is 23.9 Å². The quantitative estimate of drug-likeness (QED) is 0.755. The van der Waals surface area contributed by atoms with Crippen LogP contribution in [0.5, 0.6) is 0 Å². The van der Waals surface area contributed by atoms with Crippen molar-refractivity contribution in [3.63, 3.8) is 0 Å². The molecule has 1 amide bonds. The third-order valence-electron chi connectivity index (χ3n) is 3.70. The highest BCUT2D eigenvalue weighted by atomic mass is 79.9. The topological polar surface area (TPSA) is 32.3 Å². The summed E-state index contributed by atoms with van der Waals surface area (Å²) in [4.78, 5) is 13.9. The van der Waals surface area contributed by atoms with Gasteiger partial charge in [0.2, 0.25) is 5.91 Å². The molecule has 1 atom stereocenters. The van der Waals surface area contributed by atoms with E-state index in [2.05, 4.69) is 21.2 Å². The maximum atomic E-state index is 13.8. The number of carbonyl (C=O) groups excluding carboxylic acids is 1. The number of benzene rings is 2. The van der Waals surface area contributed by atoms with Gasteiger partial charge >= 0.3 is 0 Å². The molecular formula is C17H16BrClF2N2O. The highest BCUT2D eigenvalue weighted by Crippen LogP contribution is 2.22. The SMILES string of the molecule is CC(C(=O)Nc1ccc(Br)cc1F)N(C)Cc1c(F)cccc1Cl. The molecule has 2 aromatic carbocycles. The Hall–Kier alpha value is -1.50. The molecule has 2 aromatic rings. The van der Waals surface area contributed by atoms with Crippen molar-refractivity contribution in [2.24, 2.45) is 0 Å². The lowest BCUT2D eigenvalue weighted by atomic mass is 10.1. The van der Waals surface area contributed by atoms with Crippen LogP contribution in [0.3, 0.4) is 0 Å². The Balaban J connectivity index is 2.07. The zero-order chi connectivity index (χ0) is 17.9. The Morgan fingerprint density at radius 3 is 2.62 bits per heavy atom. The van der Waals surface area contributed by atoms with Crippen LogP contribution in [0.15, 0.2) is 40.9 Å². The van der Waals surface area contributed by atoms with E-state index in [4.69, 9.17) is 11.6 Å². The van der Waals surface area contributed by atoms with Crippen molar-refractivity contribution in [2.75, 3.05) is 12.4 Å². The first kappa shape index (κ1) is 18.8. The summed E-state index contributed by atoms with van der Waals surface area (Å²) in [6, 6.07) is 8.19. The zero-order valence-corrected chi connectivity index (χ0v) is 15.5. The van der Waals surface area contributed by atoms with Gasteiger partial charge in [0.05, 0.1) is 11.7 Å². The lowest BCUT2D eigenvalue weighted by molar-refractivity contribution is -0.120. The molecule has 0 aromatic heterocycles. The summed E-state index contributed by atoms with van der Waals surface area (Å²) < 4.78 is 28.2.